The topological polar surface area (TPSA) is 84.6 Å². The second-order valence-corrected chi connectivity index (χ2v) is 7.81. The zero-order valence-corrected chi connectivity index (χ0v) is 18.9. The summed E-state index contributed by atoms with van der Waals surface area (Å²) in [6, 6.07) is 30.9. The van der Waals surface area contributed by atoms with E-state index in [-0.39, 0.29) is 17.5 Å². The van der Waals surface area contributed by atoms with Crippen molar-refractivity contribution >= 4 is 11.8 Å². The van der Waals surface area contributed by atoms with Gasteiger partial charge in [-0.1, -0.05) is 66.7 Å². The third-order valence-corrected chi connectivity index (χ3v) is 5.59. The number of hydrogen-bond acceptors (Lipinski definition) is 5. The first kappa shape index (κ1) is 22.0. The van der Waals surface area contributed by atoms with Crippen LogP contribution in [0.4, 0.5) is 5.88 Å². The molecule has 0 aliphatic carbocycles. The van der Waals surface area contributed by atoms with E-state index in [0.717, 1.165) is 11.1 Å². The van der Waals surface area contributed by atoms with Crippen LogP contribution >= 0.6 is 0 Å². The van der Waals surface area contributed by atoms with Crippen LogP contribution in [0, 0.1) is 0 Å². The smallest absolute Gasteiger partial charge is 0.258 e. The van der Waals surface area contributed by atoms with Crippen molar-refractivity contribution in [1.29, 1.82) is 0 Å². The number of phenolic OH excluding ortho intramolecular Hbond substituents is 1. The van der Waals surface area contributed by atoms with E-state index in [4.69, 9.17) is 14.1 Å². The van der Waals surface area contributed by atoms with Crippen LogP contribution in [0.1, 0.15) is 10.4 Å². The number of aromatic hydroxyl groups is 1. The molecule has 0 atom stereocenters. The van der Waals surface area contributed by atoms with Crippen LogP contribution in [0.5, 0.6) is 11.5 Å². The third kappa shape index (κ3) is 4.50. The summed E-state index contributed by atoms with van der Waals surface area (Å²) in [6.07, 6.45) is 0. The number of aromatic nitrogens is 1. The molecule has 0 aliphatic rings. The SMILES string of the molecule is COc1cccc(-c2nc(-c3ccccc3-c3ccccc3O)oc2NC(=O)c2ccccc2)c1. The molecule has 2 N–H and O–H groups in total. The molecule has 4 aromatic carbocycles. The molecule has 172 valence electrons. The van der Waals surface area contributed by atoms with E-state index in [2.05, 4.69) is 5.32 Å². The number of para-hydroxylation sites is 1. The minimum absolute atomic E-state index is 0.150. The lowest BCUT2D eigenvalue weighted by Gasteiger charge is -2.08. The Morgan fingerprint density at radius 1 is 0.829 bits per heavy atom. The van der Waals surface area contributed by atoms with Gasteiger partial charge in [0.25, 0.3) is 5.91 Å². The minimum atomic E-state index is -0.313. The molecule has 6 heteroatoms. The fourth-order valence-corrected chi connectivity index (χ4v) is 3.86. The molecule has 35 heavy (non-hydrogen) atoms. The van der Waals surface area contributed by atoms with Gasteiger partial charge in [0.05, 0.1) is 7.11 Å². The highest BCUT2D eigenvalue weighted by Gasteiger charge is 2.22. The number of ether oxygens (including phenoxy) is 1. The average Bonchev–Trinajstić information content (AvgIpc) is 3.33. The Hall–Kier alpha value is -4.84. The number of nitrogens with one attached hydrogen (secondary N) is 1. The van der Waals surface area contributed by atoms with Crippen molar-refractivity contribution in [3.63, 3.8) is 0 Å². The minimum Gasteiger partial charge on any atom is -0.507 e. The Bertz CT molecular complexity index is 1490. The van der Waals surface area contributed by atoms with Crippen molar-refractivity contribution in [3.05, 3.63) is 109 Å². The van der Waals surface area contributed by atoms with Crippen molar-refractivity contribution < 1.29 is 19.1 Å². The molecule has 0 aliphatic heterocycles. The average molecular weight is 463 g/mol. The normalized spacial score (nSPS) is 10.7. The summed E-state index contributed by atoms with van der Waals surface area (Å²) >= 11 is 0. The van der Waals surface area contributed by atoms with E-state index in [1.807, 2.05) is 66.7 Å². The van der Waals surface area contributed by atoms with Crippen molar-refractivity contribution in [3.8, 4) is 45.3 Å². The standard InChI is InChI=1S/C29H22N2O4/c1-34-21-13-9-12-20(18-21)26-29(31-27(33)19-10-3-2-4-11-19)35-28(30-26)24-16-6-5-14-22(24)23-15-7-8-17-25(23)32/h2-18,32H,1H3,(H,31,33). The Morgan fingerprint density at radius 3 is 2.26 bits per heavy atom. The molecule has 1 heterocycles. The summed E-state index contributed by atoms with van der Waals surface area (Å²) in [6.45, 7) is 0. The Morgan fingerprint density at radius 2 is 1.51 bits per heavy atom. The molecule has 5 aromatic rings. The number of rotatable bonds is 6. The number of carbonyl (C=O) groups is 1. The molecule has 5 rings (SSSR count). The lowest BCUT2D eigenvalue weighted by Crippen LogP contribution is -2.11. The highest BCUT2D eigenvalue weighted by Crippen LogP contribution is 2.40. The predicted molar refractivity (Wildman–Crippen MR) is 135 cm³/mol. The predicted octanol–water partition coefficient (Wildman–Crippen LogP) is 6.64. The van der Waals surface area contributed by atoms with Gasteiger partial charge in [-0.2, -0.15) is 0 Å². The Kier molecular flexibility index (Phi) is 6.01. The molecular formula is C29H22N2O4. The Balaban J connectivity index is 1.64. The van der Waals surface area contributed by atoms with Gasteiger partial charge in [-0.15, -0.1) is 0 Å². The summed E-state index contributed by atoms with van der Waals surface area (Å²) in [5, 5.41) is 13.3. The molecule has 0 radical (unpaired) electrons. The van der Waals surface area contributed by atoms with E-state index >= 15 is 0 Å². The Labute approximate surface area is 202 Å². The van der Waals surface area contributed by atoms with Gasteiger partial charge in [0.15, 0.2) is 0 Å². The summed E-state index contributed by atoms with van der Waals surface area (Å²) in [5.74, 6) is 1.02. The van der Waals surface area contributed by atoms with Gasteiger partial charge in [0, 0.05) is 22.3 Å². The van der Waals surface area contributed by atoms with Crippen LogP contribution in [0.3, 0.4) is 0 Å². The van der Waals surface area contributed by atoms with E-state index in [0.29, 0.717) is 34.0 Å². The number of nitrogens with zero attached hydrogens (tertiary/aromatic N) is 1. The summed E-state index contributed by atoms with van der Waals surface area (Å²) in [7, 11) is 1.59. The van der Waals surface area contributed by atoms with Crippen LogP contribution in [-0.4, -0.2) is 23.1 Å². The number of anilines is 1. The van der Waals surface area contributed by atoms with Crippen LogP contribution in [0.25, 0.3) is 33.8 Å². The number of phenols is 1. The number of methoxy groups -OCH3 is 1. The van der Waals surface area contributed by atoms with Crippen molar-refractivity contribution in [2.75, 3.05) is 12.4 Å². The molecule has 1 aromatic heterocycles. The summed E-state index contributed by atoms with van der Waals surface area (Å²) in [4.78, 5) is 17.7. The molecule has 0 unspecified atom stereocenters. The molecule has 0 bridgehead atoms. The van der Waals surface area contributed by atoms with Crippen molar-refractivity contribution in [2.45, 2.75) is 0 Å². The quantitative estimate of drug-likeness (QED) is 0.295. The van der Waals surface area contributed by atoms with E-state index in [1.165, 1.54) is 0 Å². The highest BCUT2D eigenvalue weighted by molar-refractivity contribution is 6.05. The molecular weight excluding hydrogens is 440 g/mol. The van der Waals surface area contributed by atoms with Gasteiger partial charge in [-0.25, -0.2) is 4.98 Å². The maximum Gasteiger partial charge on any atom is 0.258 e. The monoisotopic (exact) mass is 462 g/mol. The van der Waals surface area contributed by atoms with Crippen LogP contribution in [-0.2, 0) is 0 Å². The zero-order chi connectivity index (χ0) is 24.2. The molecule has 6 nitrogen and oxygen atoms in total. The number of hydrogen-bond donors (Lipinski definition) is 2. The van der Waals surface area contributed by atoms with E-state index in [9.17, 15) is 9.90 Å². The molecule has 1 amide bonds. The van der Waals surface area contributed by atoms with Crippen molar-refractivity contribution in [1.82, 2.24) is 4.98 Å². The van der Waals surface area contributed by atoms with Crippen LogP contribution in [0.2, 0.25) is 0 Å². The third-order valence-electron chi connectivity index (χ3n) is 5.59. The molecule has 0 spiro atoms. The van der Waals surface area contributed by atoms with E-state index < -0.39 is 0 Å². The first-order valence-electron chi connectivity index (χ1n) is 11.0. The molecule has 0 saturated carbocycles. The number of amides is 1. The van der Waals surface area contributed by atoms with Gasteiger partial charge >= 0.3 is 0 Å². The fourth-order valence-electron chi connectivity index (χ4n) is 3.86. The fraction of sp³-hybridized carbons (Fsp3) is 0.0345. The number of benzene rings is 4. The highest BCUT2D eigenvalue weighted by atomic mass is 16.5. The van der Waals surface area contributed by atoms with Gasteiger partial charge in [-0.05, 0) is 42.0 Å². The zero-order valence-electron chi connectivity index (χ0n) is 18.9. The van der Waals surface area contributed by atoms with Crippen LogP contribution < -0.4 is 10.1 Å². The van der Waals surface area contributed by atoms with Gasteiger partial charge in [0.2, 0.25) is 11.8 Å². The first-order chi connectivity index (χ1) is 17.1. The lowest BCUT2D eigenvalue weighted by molar-refractivity contribution is 0.102. The molecule has 0 saturated heterocycles. The summed E-state index contributed by atoms with van der Waals surface area (Å²) < 4.78 is 11.5. The maximum absolute atomic E-state index is 12.9. The van der Waals surface area contributed by atoms with Gasteiger partial charge < -0.3 is 14.3 Å². The van der Waals surface area contributed by atoms with E-state index in [1.54, 1.807) is 43.5 Å². The number of oxazole rings is 1. The summed E-state index contributed by atoms with van der Waals surface area (Å²) in [5.41, 5.74) is 3.78. The largest absolute Gasteiger partial charge is 0.507 e. The number of carbonyl (C=O) groups excluding carboxylic acids is 1. The van der Waals surface area contributed by atoms with Crippen LogP contribution in [0.15, 0.2) is 108 Å². The van der Waals surface area contributed by atoms with Gasteiger partial charge in [-0.3, -0.25) is 10.1 Å². The second-order valence-electron chi connectivity index (χ2n) is 7.81. The second kappa shape index (κ2) is 9.57. The van der Waals surface area contributed by atoms with Gasteiger partial charge in [0.1, 0.15) is 17.2 Å². The maximum atomic E-state index is 12.9. The first-order valence-corrected chi connectivity index (χ1v) is 11.0. The van der Waals surface area contributed by atoms with Crippen molar-refractivity contribution in [2.24, 2.45) is 0 Å². The molecule has 0 fully saturated rings. The lowest BCUT2D eigenvalue weighted by atomic mass is 9.99.